The molecule has 2 rings (SSSR count). The quantitative estimate of drug-likeness (QED) is 0.470. The van der Waals surface area contributed by atoms with E-state index >= 15 is 0 Å². The summed E-state index contributed by atoms with van der Waals surface area (Å²) in [6.45, 7) is 15.3. The van der Waals surface area contributed by atoms with Crippen molar-refractivity contribution in [3.63, 3.8) is 0 Å². The minimum Gasteiger partial charge on any atom is -0.456 e. The Labute approximate surface area is 151 Å². The molecule has 0 amide bonds. The van der Waals surface area contributed by atoms with E-state index in [0.717, 1.165) is 11.0 Å². The third-order valence-electron chi connectivity index (χ3n) is 4.74. The van der Waals surface area contributed by atoms with Gasteiger partial charge in [0.1, 0.15) is 5.60 Å². The second-order valence-corrected chi connectivity index (χ2v) is 8.47. The van der Waals surface area contributed by atoms with Gasteiger partial charge in [0.2, 0.25) is 0 Å². The minimum absolute atomic E-state index is 0.403. The molecule has 0 radical (unpaired) electrons. The molecule has 0 saturated carbocycles. The highest BCUT2D eigenvalue weighted by atomic mass is 16.7. The van der Waals surface area contributed by atoms with Crippen LogP contribution in [0.2, 0.25) is 0 Å². The van der Waals surface area contributed by atoms with Gasteiger partial charge in [-0.25, -0.2) is 4.79 Å². The van der Waals surface area contributed by atoms with Gasteiger partial charge in [-0.05, 0) is 78.5 Å². The van der Waals surface area contributed by atoms with Gasteiger partial charge in [-0.3, -0.25) is 0 Å². The predicted molar refractivity (Wildman–Crippen MR) is 100.0 cm³/mol. The van der Waals surface area contributed by atoms with Gasteiger partial charge < -0.3 is 14.0 Å². The standard InChI is InChI=1S/C20H27BO4/c1-10-14-11-15(17(22)23-18(3,4)5)13(2)16(12-14)21-24-19(6,7)20(8,9)25-21/h1,11-12H,2-9H3. The van der Waals surface area contributed by atoms with Crippen LogP contribution in [-0.4, -0.2) is 29.9 Å². The van der Waals surface area contributed by atoms with E-state index < -0.39 is 29.9 Å². The molecule has 0 N–H and O–H groups in total. The number of hydrogen-bond donors (Lipinski definition) is 0. The second kappa shape index (κ2) is 6.19. The third-order valence-corrected chi connectivity index (χ3v) is 4.74. The maximum atomic E-state index is 12.6. The van der Waals surface area contributed by atoms with E-state index in [0.29, 0.717) is 11.1 Å². The SMILES string of the molecule is C#Cc1cc(B2OC(C)(C)C(C)(C)O2)c(C)c(C(=O)OC(C)(C)C)c1. The van der Waals surface area contributed by atoms with Crippen LogP contribution >= 0.6 is 0 Å². The molecule has 0 spiro atoms. The van der Waals surface area contributed by atoms with Crippen LogP contribution in [0, 0.1) is 19.3 Å². The van der Waals surface area contributed by atoms with Gasteiger partial charge in [-0.15, -0.1) is 6.42 Å². The van der Waals surface area contributed by atoms with Crippen LogP contribution < -0.4 is 5.46 Å². The average molecular weight is 342 g/mol. The molecule has 0 bridgehead atoms. The molecule has 0 aliphatic carbocycles. The number of esters is 1. The van der Waals surface area contributed by atoms with Crippen LogP contribution in [0.25, 0.3) is 0 Å². The molecular formula is C20H27BO4. The molecule has 134 valence electrons. The summed E-state index contributed by atoms with van der Waals surface area (Å²) in [4.78, 5) is 12.6. The summed E-state index contributed by atoms with van der Waals surface area (Å²) in [6.07, 6.45) is 5.59. The lowest BCUT2D eigenvalue weighted by atomic mass is 9.74. The van der Waals surface area contributed by atoms with Crippen molar-refractivity contribution >= 4 is 18.6 Å². The van der Waals surface area contributed by atoms with Crippen molar-refractivity contribution in [2.45, 2.75) is 72.2 Å². The van der Waals surface area contributed by atoms with Crippen molar-refractivity contribution in [1.29, 1.82) is 0 Å². The van der Waals surface area contributed by atoms with Crippen molar-refractivity contribution < 1.29 is 18.8 Å². The lowest BCUT2D eigenvalue weighted by molar-refractivity contribution is 0.00578. The van der Waals surface area contributed by atoms with Gasteiger partial charge in [-0.2, -0.15) is 0 Å². The molecular weight excluding hydrogens is 315 g/mol. The molecule has 0 aromatic heterocycles. The second-order valence-electron chi connectivity index (χ2n) is 8.47. The van der Waals surface area contributed by atoms with Gasteiger partial charge in [-0.1, -0.05) is 5.92 Å². The Bertz CT molecular complexity index is 719. The first-order valence-corrected chi connectivity index (χ1v) is 8.47. The minimum atomic E-state index is -0.584. The maximum Gasteiger partial charge on any atom is 0.495 e. The van der Waals surface area contributed by atoms with Crippen LogP contribution in [0.5, 0.6) is 0 Å². The third kappa shape index (κ3) is 3.91. The summed E-state index contributed by atoms with van der Waals surface area (Å²) in [5, 5.41) is 0. The number of carbonyl (C=O) groups excluding carboxylic acids is 1. The molecule has 0 atom stereocenters. The van der Waals surface area contributed by atoms with Crippen LogP contribution in [0.15, 0.2) is 12.1 Å². The fourth-order valence-corrected chi connectivity index (χ4v) is 2.58. The molecule has 5 heteroatoms. The smallest absolute Gasteiger partial charge is 0.456 e. The number of terminal acetylenes is 1. The summed E-state index contributed by atoms with van der Waals surface area (Å²) in [6, 6.07) is 3.52. The van der Waals surface area contributed by atoms with Crippen LogP contribution in [0.1, 0.15) is 70.0 Å². The first-order valence-electron chi connectivity index (χ1n) is 8.47. The molecule has 1 aromatic rings. The lowest BCUT2D eigenvalue weighted by Gasteiger charge is -2.32. The molecule has 0 unspecified atom stereocenters. The number of rotatable bonds is 2. The van der Waals surface area contributed by atoms with Gasteiger partial charge >= 0.3 is 13.1 Å². The zero-order chi connectivity index (χ0) is 19.2. The summed E-state index contributed by atoms with van der Waals surface area (Å²) in [5.41, 5.74) is 1.03. The highest BCUT2D eigenvalue weighted by Gasteiger charge is 2.52. The maximum absolute atomic E-state index is 12.6. The monoisotopic (exact) mass is 342 g/mol. The van der Waals surface area contributed by atoms with Crippen molar-refractivity contribution in [2.75, 3.05) is 0 Å². The Morgan fingerprint density at radius 3 is 2.12 bits per heavy atom. The Morgan fingerprint density at radius 1 is 1.16 bits per heavy atom. The summed E-state index contributed by atoms with van der Waals surface area (Å²) in [7, 11) is -0.584. The fraction of sp³-hybridized carbons (Fsp3) is 0.550. The van der Waals surface area contributed by atoms with Crippen molar-refractivity contribution in [2.24, 2.45) is 0 Å². The molecule has 1 fully saturated rings. The summed E-state index contributed by atoms with van der Waals surface area (Å²) >= 11 is 0. The highest BCUT2D eigenvalue weighted by Crippen LogP contribution is 2.37. The van der Waals surface area contributed by atoms with E-state index in [9.17, 15) is 4.79 Å². The van der Waals surface area contributed by atoms with Crippen molar-refractivity contribution in [1.82, 2.24) is 0 Å². The zero-order valence-corrected chi connectivity index (χ0v) is 16.4. The predicted octanol–water partition coefficient (Wildman–Crippen LogP) is 3.23. The molecule has 1 aromatic carbocycles. The van der Waals surface area contributed by atoms with E-state index in [1.807, 2.05) is 61.5 Å². The Balaban J connectivity index is 2.49. The highest BCUT2D eigenvalue weighted by molar-refractivity contribution is 6.62. The van der Waals surface area contributed by atoms with Crippen molar-refractivity contribution in [3.8, 4) is 12.3 Å². The first-order chi connectivity index (χ1) is 11.3. The summed E-state index contributed by atoms with van der Waals surface area (Å²) in [5.74, 6) is 2.20. The summed E-state index contributed by atoms with van der Waals surface area (Å²) < 4.78 is 17.8. The molecule has 1 heterocycles. The van der Waals surface area contributed by atoms with Gasteiger partial charge in [0.05, 0.1) is 16.8 Å². The normalized spacial score (nSPS) is 18.8. The number of benzene rings is 1. The molecule has 1 saturated heterocycles. The van der Waals surface area contributed by atoms with E-state index in [2.05, 4.69) is 5.92 Å². The molecule has 25 heavy (non-hydrogen) atoms. The van der Waals surface area contributed by atoms with Gasteiger partial charge in [0, 0.05) is 5.56 Å². The fourth-order valence-electron chi connectivity index (χ4n) is 2.58. The Morgan fingerprint density at radius 2 is 1.68 bits per heavy atom. The van der Waals surface area contributed by atoms with E-state index in [4.69, 9.17) is 20.5 Å². The number of ether oxygens (including phenoxy) is 1. The van der Waals surface area contributed by atoms with Crippen molar-refractivity contribution in [3.05, 3.63) is 28.8 Å². The van der Waals surface area contributed by atoms with Crippen LogP contribution in [-0.2, 0) is 14.0 Å². The molecule has 1 aliphatic heterocycles. The van der Waals surface area contributed by atoms with Crippen LogP contribution in [0.4, 0.5) is 0 Å². The topological polar surface area (TPSA) is 44.8 Å². The number of hydrogen-bond acceptors (Lipinski definition) is 4. The van der Waals surface area contributed by atoms with E-state index in [-0.39, 0.29) is 0 Å². The van der Waals surface area contributed by atoms with Crippen LogP contribution in [0.3, 0.4) is 0 Å². The number of carbonyl (C=O) groups is 1. The first kappa shape index (κ1) is 19.6. The zero-order valence-electron chi connectivity index (χ0n) is 16.4. The molecule has 4 nitrogen and oxygen atoms in total. The average Bonchev–Trinajstić information content (AvgIpc) is 2.65. The molecule has 1 aliphatic rings. The largest absolute Gasteiger partial charge is 0.495 e. The Hall–Kier alpha value is -1.77. The van der Waals surface area contributed by atoms with E-state index in [1.165, 1.54) is 0 Å². The Kier molecular flexibility index (Phi) is 4.85. The van der Waals surface area contributed by atoms with E-state index in [1.54, 1.807) is 6.07 Å². The van der Waals surface area contributed by atoms with Gasteiger partial charge in [0.25, 0.3) is 0 Å². The van der Waals surface area contributed by atoms with Gasteiger partial charge in [0.15, 0.2) is 0 Å². The lowest BCUT2D eigenvalue weighted by Crippen LogP contribution is -2.41.